The molecule has 4 unspecified atom stereocenters. The molecule has 0 amide bonds. The monoisotopic (exact) mass is 813 g/mol. The molecule has 0 fully saturated rings. The molecule has 60 heavy (non-hydrogen) atoms. The Hall–Kier alpha value is -4.72. The highest BCUT2D eigenvalue weighted by Gasteiger charge is 2.27. The van der Waals surface area contributed by atoms with Crippen molar-refractivity contribution in [3.8, 4) is 11.8 Å². The number of hydrogen-bond acceptors (Lipinski definition) is 6. The van der Waals surface area contributed by atoms with Crippen molar-refractivity contribution >= 4 is 64.6 Å². The molecule has 7 aromatic rings. The second-order valence-corrected chi connectivity index (χ2v) is 18.1. The van der Waals surface area contributed by atoms with Gasteiger partial charge in [0.25, 0.3) is 11.1 Å². The van der Waals surface area contributed by atoms with Crippen LogP contribution in [-0.4, -0.2) is 31.4 Å². The second-order valence-electron chi connectivity index (χ2n) is 18.1. The van der Waals surface area contributed by atoms with Crippen molar-refractivity contribution < 1.29 is 10.2 Å². The first kappa shape index (κ1) is 43.4. The average Bonchev–Trinajstić information content (AvgIpc) is 3.22. The smallest absolute Gasteiger partial charge is 0.261 e. The van der Waals surface area contributed by atoms with E-state index in [4.69, 9.17) is 9.98 Å². The van der Waals surface area contributed by atoms with Crippen LogP contribution in [0.25, 0.3) is 64.6 Å². The van der Waals surface area contributed by atoms with Crippen LogP contribution in [0.3, 0.4) is 0 Å². The van der Waals surface area contributed by atoms with Gasteiger partial charge < -0.3 is 10.2 Å². The number of fused-ring (bicyclic) bond motifs is 2. The summed E-state index contributed by atoms with van der Waals surface area (Å²) in [5.41, 5.74) is -0.405. The van der Waals surface area contributed by atoms with Gasteiger partial charge in [0.15, 0.2) is 0 Å². The highest BCUT2D eigenvalue weighted by atomic mass is 16.3. The number of benzene rings is 5. The van der Waals surface area contributed by atoms with E-state index in [0.717, 1.165) is 157 Å². The van der Waals surface area contributed by atoms with Crippen molar-refractivity contribution in [3.63, 3.8) is 0 Å². The number of nitrogens with zero attached hydrogens (tertiary/aromatic N) is 4. The molecule has 0 radical (unpaired) electrons. The van der Waals surface area contributed by atoms with Gasteiger partial charge in [-0.3, -0.25) is 28.7 Å². The van der Waals surface area contributed by atoms with Crippen molar-refractivity contribution in [1.29, 1.82) is 0 Å². The molecule has 0 aliphatic carbocycles. The molecule has 8 heteroatoms. The third kappa shape index (κ3) is 7.73. The molecule has 8 nitrogen and oxygen atoms in total. The standard InChI is InChI=1S/C52H68N4O4/c1-9-13-17-21-31(5)53-41-29-39-43-37(49(57)55(51(39)59)33(7)23-19-15-11-3)28-26-36-46-42(54-32(6)22-18-14-10-2)30-40-44-38(27-25-35(48(44)46)45(41)47(36)43)50(58)56(52(40)60)34(8)24-20-16-12-4/h25-34,57-58H,9-24H2,1-8H3. The summed E-state index contributed by atoms with van der Waals surface area (Å²) in [6.07, 6.45) is 16.3. The topological polar surface area (TPSA) is 109 Å². The Bertz CT molecular complexity index is 2680. The lowest BCUT2D eigenvalue weighted by Gasteiger charge is -2.24. The summed E-state index contributed by atoms with van der Waals surface area (Å²) in [7, 11) is 0. The van der Waals surface area contributed by atoms with Crippen LogP contribution in [-0.2, 0) is 0 Å². The summed E-state index contributed by atoms with van der Waals surface area (Å²) >= 11 is 0. The van der Waals surface area contributed by atoms with E-state index >= 15 is 0 Å². The van der Waals surface area contributed by atoms with Crippen LogP contribution in [0.4, 0.5) is 0 Å². The van der Waals surface area contributed by atoms with E-state index in [1.165, 1.54) is 0 Å². The van der Waals surface area contributed by atoms with Gasteiger partial charge in [0, 0.05) is 67.3 Å². The highest BCUT2D eigenvalue weighted by Crippen LogP contribution is 2.45. The highest BCUT2D eigenvalue weighted by molar-refractivity contribution is 6.39. The Morgan fingerprint density at radius 2 is 0.783 bits per heavy atom. The van der Waals surface area contributed by atoms with Crippen molar-refractivity contribution in [3.05, 3.63) is 67.8 Å². The van der Waals surface area contributed by atoms with Gasteiger partial charge in [0.2, 0.25) is 11.8 Å². The lowest BCUT2D eigenvalue weighted by molar-refractivity contribution is 0.369. The molecule has 0 spiro atoms. The molecular weight excluding hydrogens is 745 g/mol. The van der Waals surface area contributed by atoms with Gasteiger partial charge in [-0.1, -0.05) is 117 Å². The minimum Gasteiger partial charge on any atom is -0.494 e. The number of unbranched alkanes of at least 4 members (excludes halogenated alkanes) is 8. The maximum Gasteiger partial charge on any atom is 0.261 e. The fraction of sp³-hybridized carbons (Fsp3) is 0.538. The van der Waals surface area contributed by atoms with Crippen molar-refractivity contribution in [2.24, 2.45) is 9.98 Å². The van der Waals surface area contributed by atoms with Crippen LogP contribution in [0.5, 0.6) is 11.8 Å². The van der Waals surface area contributed by atoms with Gasteiger partial charge in [-0.05, 0) is 88.4 Å². The van der Waals surface area contributed by atoms with Gasteiger partial charge in [-0.25, -0.2) is 0 Å². The summed E-state index contributed by atoms with van der Waals surface area (Å²) in [4.78, 5) is 40.5. The molecule has 2 heterocycles. The molecule has 320 valence electrons. The molecule has 2 N–H and O–H groups in total. The van der Waals surface area contributed by atoms with Gasteiger partial charge in [0.05, 0.1) is 21.5 Å². The van der Waals surface area contributed by atoms with Gasteiger partial charge >= 0.3 is 0 Å². The molecule has 0 aliphatic rings. The Balaban J connectivity index is 1.68. The van der Waals surface area contributed by atoms with Crippen LogP contribution < -0.4 is 21.8 Å². The van der Waals surface area contributed by atoms with Crippen LogP contribution in [0.2, 0.25) is 0 Å². The Labute approximate surface area is 354 Å². The summed E-state index contributed by atoms with van der Waals surface area (Å²) in [6, 6.07) is 11.7. The number of aromatic nitrogens is 2. The average molecular weight is 813 g/mol. The van der Waals surface area contributed by atoms with Gasteiger partial charge in [-0.2, -0.15) is 0 Å². The zero-order chi connectivity index (χ0) is 42.8. The maximum atomic E-state index is 14.8. The predicted octanol–water partition coefficient (Wildman–Crippen LogP) is 12.7. The maximum absolute atomic E-state index is 14.8. The molecule has 4 atom stereocenters. The third-order valence-electron chi connectivity index (χ3n) is 13.4. The normalized spacial score (nSPS) is 15.3. The molecule has 0 aliphatic heterocycles. The summed E-state index contributed by atoms with van der Waals surface area (Å²) in [6.45, 7) is 17.1. The summed E-state index contributed by atoms with van der Waals surface area (Å²) in [5, 5.41) is 34.9. The van der Waals surface area contributed by atoms with E-state index in [0.29, 0.717) is 21.5 Å². The molecule has 0 saturated carbocycles. The lowest BCUT2D eigenvalue weighted by Crippen LogP contribution is -2.26. The third-order valence-corrected chi connectivity index (χ3v) is 13.4. The zero-order valence-corrected chi connectivity index (χ0v) is 37.6. The Morgan fingerprint density at radius 1 is 0.450 bits per heavy atom. The molecule has 0 saturated heterocycles. The number of aromatic hydroxyl groups is 2. The Morgan fingerprint density at radius 3 is 1.13 bits per heavy atom. The van der Waals surface area contributed by atoms with E-state index in [1.54, 1.807) is 9.13 Å². The summed E-state index contributed by atoms with van der Waals surface area (Å²) < 4.78 is 3.20. The first-order valence-corrected chi connectivity index (χ1v) is 23.5. The fourth-order valence-corrected chi connectivity index (χ4v) is 10.1. The predicted molar refractivity (Wildman–Crippen MR) is 253 cm³/mol. The van der Waals surface area contributed by atoms with Gasteiger partial charge in [0.1, 0.15) is 0 Å². The van der Waals surface area contributed by atoms with Crippen molar-refractivity contribution in [2.45, 2.75) is 182 Å². The quantitative estimate of drug-likeness (QED) is 0.0454. The molecule has 5 aromatic carbocycles. The lowest BCUT2D eigenvalue weighted by atomic mass is 9.85. The number of pyridine rings is 2. The second kappa shape index (κ2) is 18.5. The molecule has 2 aromatic heterocycles. The van der Waals surface area contributed by atoms with Gasteiger partial charge in [-0.15, -0.1) is 0 Å². The van der Waals surface area contributed by atoms with E-state index in [-0.39, 0.29) is 47.0 Å². The van der Waals surface area contributed by atoms with Crippen molar-refractivity contribution in [2.75, 3.05) is 0 Å². The molecule has 0 bridgehead atoms. The van der Waals surface area contributed by atoms with Crippen molar-refractivity contribution in [1.82, 2.24) is 9.13 Å². The first-order valence-electron chi connectivity index (χ1n) is 23.5. The summed E-state index contributed by atoms with van der Waals surface area (Å²) in [5.74, 6) is -0.00854. The largest absolute Gasteiger partial charge is 0.494 e. The van der Waals surface area contributed by atoms with Crippen LogP contribution in [0.15, 0.2) is 56.0 Å². The Kier molecular flexibility index (Phi) is 13.4. The minimum atomic E-state index is -0.202. The van der Waals surface area contributed by atoms with Crippen LogP contribution in [0, 0.1) is 0 Å². The van der Waals surface area contributed by atoms with Crippen LogP contribution in [0.1, 0.15) is 170 Å². The number of hydrogen-bond donors (Lipinski definition) is 2. The molecule has 7 rings (SSSR count). The van der Waals surface area contributed by atoms with E-state index in [2.05, 4.69) is 53.7 Å². The van der Waals surface area contributed by atoms with E-state index in [9.17, 15) is 19.8 Å². The van der Waals surface area contributed by atoms with E-state index < -0.39 is 0 Å². The van der Waals surface area contributed by atoms with Crippen LogP contribution >= 0.6 is 0 Å². The first-order chi connectivity index (χ1) is 29.0. The fourth-order valence-electron chi connectivity index (χ4n) is 10.1. The SMILES string of the molecule is CCCCCC(C)N=c1cc2c(=O)n(C(C)CCCCC)c(O)c3ccc4c5c(=NC(C)CCCCC)cc6c(=O)n(C(C)CCCCC)c(O)c7ccc(c1c4c32)c5c76. The molecular formula is C52H68N4O4. The van der Waals surface area contributed by atoms with E-state index in [1.807, 2.05) is 38.1 Å². The number of rotatable bonds is 20. The minimum absolute atomic E-state index is 0.00410. The zero-order valence-electron chi connectivity index (χ0n) is 37.6.